The quantitative estimate of drug-likeness (QED) is 0.567. The molecule has 0 aliphatic heterocycles. The zero-order chi connectivity index (χ0) is 6.57. The van der Waals surface area contributed by atoms with Gasteiger partial charge in [0, 0.05) is 5.03 Å². The second-order valence-corrected chi connectivity index (χ2v) is 1.79. The highest BCUT2D eigenvalue weighted by Crippen LogP contribution is 2.06. The predicted octanol–water partition coefficient (Wildman–Crippen LogP) is 1.68. The monoisotopic (exact) mass is 132 g/mol. The summed E-state index contributed by atoms with van der Waals surface area (Å²) in [7, 11) is 0. The molecule has 0 aliphatic carbocycles. The van der Waals surface area contributed by atoms with Gasteiger partial charge in [-0.2, -0.15) is 0 Å². The molecular formula is C6H9ClO. The standard InChI is InChI=1S/C6H9ClO/c1-3-5(7)6(8)4-2/h3-4,6,8H,2H2,1H3/b5-3-. The van der Waals surface area contributed by atoms with Gasteiger partial charge in [0.05, 0.1) is 0 Å². The first-order valence-corrected chi connectivity index (χ1v) is 2.72. The van der Waals surface area contributed by atoms with Gasteiger partial charge < -0.3 is 5.11 Å². The zero-order valence-corrected chi connectivity index (χ0v) is 5.52. The lowest BCUT2D eigenvalue weighted by Crippen LogP contribution is -1.99. The third kappa shape index (κ3) is 2.15. The summed E-state index contributed by atoms with van der Waals surface area (Å²) in [5, 5.41) is 9.22. The van der Waals surface area contributed by atoms with Gasteiger partial charge in [0.15, 0.2) is 0 Å². The highest BCUT2D eigenvalue weighted by atomic mass is 35.5. The summed E-state index contributed by atoms with van der Waals surface area (Å²) in [5.74, 6) is 0. The SMILES string of the molecule is C=CC(O)/C(Cl)=C/C. The van der Waals surface area contributed by atoms with Gasteiger partial charge in [-0.1, -0.05) is 23.8 Å². The second-order valence-electron chi connectivity index (χ2n) is 1.35. The van der Waals surface area contributed by atoms with Gasteiger partial charge in [-0.05, 0) is 6.92 Å². The number of halogens is 1. The van der Waals surface area contributed by atoms with Crippen molar-refractivity contribution in [2.45, 2.75) is 13.0 Å². The normalized spacial score (nSPS) is 15.6. The lowest BCUT2D eigenvalue weighted by Gasteiger charge is -1.99. The predicted molar refractivity (Wildman–Crippen MR) is 35.8 cm³/mol. The molecule has 1 atom stereocenters. The highest BCUT2D eigenvalue weighted by Gasteiger charge is 1.98. The third-order valence-electron chi connectivity index (χ3n) is 0.782. The van der Waals surface area contributed by atoms with Crippen molar-refractivity contribution in [1.29, 1.82) is 0 Å². The number of aliphatic hydroxyl groups excluding tert-OH is 1. The minimum absolute atomic E-state index is 0.417. The van der Waals surface area contributed by atoms with E-state index in [1.165, 1.54) is 6.08 Å². The van der Waals surface area contributed by atoms with Crippen LogP contribution >= 0.6 is 11.6 Å². The Morgan fingerprint density at radius 1 is 1.88 bits per heavy atom. The molecule has 0 rings (SSSR count). The summed E-state index contributed by atoms with van der Waals surface area (Å²) >= 11 is 5.46. The van der Waals surface area contributed by atoms with E-state index in [1.54, 1.807) is 13.0 Å². The van der Waals surface area contributed by atoms with Crippen molar-refractivity contribution < 1.29 is 5.11 Å². The van der Waals surface area contributed by atoms with Gasteiger partial charge in [0.2, 0.25) is 0 Å². The molecule has 1 unspecified atom stereocenters. The van der Waals surface area contributed by atoms with E-state index >= 15 is 0 Å². The first kappa shape index (κ1) is 7.73. The number of hydrogen-bond acceptors (Lipinski definition) is 1. The van der Waals surface area contributed by atoms with Crippen molar-refractivity contribution >= 4 is 11.6 Å². The fourth-order valence-electron chi connectivity index (χ4n) is 0.283. The van der Waals surface area contributed by atoms with Crippen LogP contribution in [0.4, 0.5) is 0 Å². The molecule has 0 saturated heterocycles. The molecule has 1 nitrogen and oxygen atoms in total. The lowest BCUT2D eigenvalue weighted by molar-refractivity contribution is 0.267. The second kappa shape index (κ2) is 3.70. The molecule has 0 bridgehead atoms. The van der Waals surface area contributed by atoms with Crippen molar-refractivity contribution in [3.8, 4) is 0 Å². The zero-order valence-electron chi connectivity index (χ0n) is 4.76. The molecule has 0 fully saturated rings. The van der Waals surface area contributed by atoms with Gasteiger partial charge >= 0.3 is 0 Å². The Labute approximate surface area is 54.3 Å². The van der Waals surface area contributed by atoms with Crippen LogP contribution in [-0.2, 0) is 0 Å². The largest absolute Gasteiger partial charge is 0.383 e. The molecular weight excluding hydrogens is 124 g/mol. The maximum Gasteiger partial charge on any atom is 0.107 e. The smallest absolute Gasteiger partial charge is 0.107 e. The van der Waals surface area contributed by atoms with Crippen LogP contribution in [0.25, 0.3) is 0 Å². The molecule has 0 aliphatic rings. The van der Waals surface area contributed by atoms with E-state index < -0.39 is 6.10 Å². The molecule has 1 N–H and O–H groups in total. The lowest BCUT2D eigenvalue weighted by atomic mass is 10.3. The van der Waals surface area contributed by atoms with Crippen LogP contribution in [-0.4, -0.2) is 11.2 Å². The molecule has 2 heteroatoms. The average Bonchev–Trinajstić information content (AvgIpc) is 1.84. The Bertz CT molecular complexity index is 107. The molecule has 0 saturated carbocycles. The molecule has 0 radical (unpaired) electrons. The Morgan fingerprint density at radius 2 is 2.38 bits per heavy atom. The van der Waals surface area contributed by atoms with Crippen molar-refractivity contribution in [2.24, 2.45) is 0 Å². The number of aliphatic hydroxyl groups is 1. The summed E-state index contributed by atoms with van der Waals surface area (Å²) < 4.78 is 0. The van der Waals surface area contributed by atoms with E-state index in [0.717, 1.165) is 0 Å². The van der Waals surface area contributed by atoms with Crippen LogP contribution in [0.15, 0.2) is 23.8 Å². The van der Waals surface area contributed by atoms with Crippen LogP contribution in [0.5, 0.6) is 0 Å². The fraction of sp³-hybridized carbons (Fsp3) is 0.333. The molecule has 0 aromatic heterocycles. The highest BCUT2D eigenvalue weighted by molar-refractivity contribution is 6.30. The molecule has 0 aromatic carbocycles. The van der Waals surface area contributed by atoms with Crippen molar-refractivity contribution in [1.82, 2.24) is 0 Å². The average molecular weight is 133 g/mol. The Balaban J connectivity index is 3.81. The summed E-state index contributed by atoms with van der Waals surface area (Å²) in [6, 6.07) is 0. The van der Waals surface area contributed by atoms with Crippen LogP contribution in [0.3, 0.4) is 0 Å². The molecule has 8 heavy (non-hydrogen) atoms. The van der Waals surface area contributed by atoms with E-state index in [9.17, 15) is 0 Å². The fourth-order valence-corrected chi connectivity index (χ4v) is 0.372. The molecule has 0 spiro atoms. The Hall–Kier alpha value is -0.270. The molecule has 0 aromatic rings. The van der Waals surface area contributed by atoms with Gasteiger partial charge in [0.1, 0.15) is 6.10 Å². The van der Waals surface area contributed by atoms with Gasteiger partial charge in [0.25, 0.3) is 0 Å². The van der Waals surface area contributed by atoms with Crippen molar-refractivity contribution in [2.75, 3.05) is 0 Å². The topological polar surface area (TPSA) is 20.2 Å². The van der Waals surface area contributed by atoms with Crippen LogP contribution in [0.2, 0.25) is 0 Å². The maximum atomic E-state index is 8.81. The van der Waals surface area contributed by atoms with Crippen molar-refractivity contribution in [3.63, 3.8) is 0 Å². The number of hydrogen-bond donors (Lipinski definition) is 1. The molecule has 0 amide bonds. The first-order valence-electron chi connectivity index (χ1n) is 2.34. The summed E-state index contributed by atoms with van der Waals surface area (Å²) in [6.45, 7) is 5.11. The van der Waals surface area contributed by atoms with Crippen LogP contribution in [0.1, 0.15) is 6.92 Å². The third-order valence-corrected chi connectivity index (χ3v) is 1.22. The number of allylic oxidation sites excluding steroid dienone is 1. The van der Waals surface area contributed by atoms with Gasteiger partial charge in [-0.25, -0.2) is 0 Å². The maximum absolute atomic E-state index is 8.81. The summed E-state index contributed by atoms with van der Waals surface area (Å²) in [6.07, 6.45) is 2.32. The summed E-state index contributed by atoms with van der Waals surface area (Å²) in [5.41, 5.74) is 0. The van der Waals surface area contributed by atoms with E-state index in [-0.39, 0.29) is 0 Å². The van der Waals surface area contributed by atoms with E-state index in [0.29, 0.717) is 5.03 Å². The van der Waals surface area contributed by atoms with Gasteiger partial charge in [-0.15, -0.1) is 6.58 Å². The van der Waals surface area contributed by atoms with Crippen LogP contribution in [0, 0.1) is 0 Å². The van der Waals surface area contributed by atoms with Crippen molar-refractivity contribution in [3.05, 3.63) is 23.8 Å². The van der Waals surface area contributed by atoms with E-state index in [2.05, 4.69) is 6.58 Å². The minimum atomic E-state index is -0.693. The van der Waals surface area contributed by atoms with Gasteiger partial charge in [-0.3, -0.25) is 0 Å². The molecule has 46 valence electrons. The molecule has 0 heterocycles. The van der Waals surface area contributed by atoms with E-state index in [4.69, 9.17) is 16.7 Å². The van der Waals surface area contributed by atoms with E-state index in [1.807, 2.05) is 0 Å². The first-order chi connectivity index (χ1) is 3.72. The Kier molecular flexibility index (Phi) is 3.57. The van der Waals surface area contributed by atoms with Crippen LogP contribution < -0.4 is 0 Å². The minimum Gasteiger partial charge on any atom is -0.383 e. The summed E-state index contributed by atoms with van der Waals surface area (Å²) in [4.78, 5) is 0. The number of rotatable bonds is 2. The Morgan fingerprint density at radius 3 is 2.50 bits per heavy atom.